The van der Waals surface area contributed by atoms with Crippen molar-refractivity contribution in [3.63, 3.8) is 0 Å². The van der Waals surface area contributed by atoms with Crippen molar-refractivity contribution in [3.8, 4) is 0 Å². The smallest absolute Gasteiger partial charge is 0.306 e. The van der Waals surface area contributed by atoms with Crippen molar-refractivity contribution < 1.29 is 19.6 Å². The van der Waals surface area contributed by atoms with Crippen molar-refractivity contribution in [2.24, 2.45) is 5.92 Å². The molecule has 0 aromatic heterocycles. The number of likely N-dealkylation sites (tertiary alicyclic amines) is 1. The molecule has 1 aliphatic heterocycles. The summed E-state index contributed by atoms with van der Waals surface area (Å²) in [6.45, 7) is 0.607. The van der Waals surface area contributed by atoms with E-state index in [0.29, 0.717) is 25.9 Å². The molecule has 8 nitrogen and oxygen atoms in total. The number of anilines is 1. The maximum Gasteiger partial charge on any atom is 0.306 e. The van der Waals surface area contributed by atoms with Crippen LogP contribution in [-0.2, 0) is 4.79 Å². The molecule has 0 spiro atoms. The lowest BCUT2D eigenvalue weighted by Crippen LogP contribution is -2.40. The number of carbonyl (C=O) groups excluding carboxylic acids is 1. The van der Waals surface area contributed by atoms with Crippen molar-refractivity contribution in [2.45, 2.75) is 12.8 Å². The van der Waals surface area contributed by atoms with Gasteiger partial charge in [0, 0.05) is 30.9 Å². The van der Waals surface area contributed by atoms with Gasteiger partial charge in [-0.25, -0.2) is 0 Å². The third kappa shape index (κ3) is 3.10. The van der Waals surface area contributed by atoms with Gasteiger partial charge in [0.15, 0.2) is 0 Å². The second-order valence-corrected chi connectivity index (χ2v) is 4.93. The number of carboxylic acid groups (broad SMARTS) is 1. The van der Waals surface area contributed by atoms with Crippen molar-refractivity contribution >= 4 is 23.3 Å². The van der Waals surface area contributed by atoms with Crippen LogP contribution in [0, 0.1) is 16.0 Å². The van der Waals surface area contributed by atoms with Crippen LogP contribution in [0.3, 0.4) is 0 Å². The predicted octanol–water partition coefficient (Wildman–Crippen LogP) is 1.11. The van der Waals surface area contributed by atoms with Crippen molar-refractivity contribution in [1.82, 2.24) is 4.90 Å². The maximum atomic E-state index is 12.3. The number of nitrogens with zero attached hydrogens (tertiary/aromatic N) is 2. The normalized spacial score (nSPS) is 15.7. The average Bonchev–Trinajstić information content (AvgIpc) is 2.47. The summed E-state index contributed by atoms with van der Waals surface area (Å²) in [4.78, 5) is 34.9. The number of carboxylic acids is 1. The fourth-order valence-corrected chi connectivity index (χ4v) is 2.34. The van der Waals surface area contributed by atoms with E-state index in [2.05, 4.69) is 0 Å². The standard InChI is InChI=1S/C13H15N3O5/c14-11-2-1-9(16(20)21)7-10(11)12(17)15-5-3-8(4-6-15)13(18)19/h1-2,7-8H,3-6,14H2,(H,18,19). The molecule has 0 radical (unpaired) electrons. The molecule has 112 valence electrons. The van der Waals surface area contributed by atoms with Crippen molar-refractivity contribution in [3.05, 3.63) is 33.9 Å². The summed E-state index contributed by atoms with van der Waals surface area (Å²) in [5, 5.41) is 19.7. The number of nitro benzene ring substituents is 1. The molecule has 0 atom stereocenters. The highest BCUT2D eigenvalue weighted by Crippen LogP contribution is 2.24. The molecule has 1 aromatic carbocycles. The van der Waals surface area contributed by atoms with E-state index in [9.17, 15) is 19.7 Å². The van der Waals surface area contributed by atoms with Crippen LogP contribution in [0.5, 0.6) is 0 Å². The van der Waals surface area contributed by atoms with Gasteiger partial charge in [-0.15, -0.1) is 0 Å². The third-order valence-corrected chi connectivity index (χ3v) is 3.61. The quantitative estimate of drug-likeness (QED) is 0.488. The first-order valence-corrected chi connectivity index (χ1v) is 6.46. The van der Waals surface area contributed by atoms with Crippen LogP contribution >= 0.6 is 0 Å². The molecule has 0 unspecified atom stereocenters. The zero-order valence-electron chi connectivity index (χ0n) is 11.2. The van der Waals surface area contributed by atoms with Gasteiger partial charge < -0.3 is 15.7 Å². The van der Waals surface area contributed by atoms with Crippen molar-refractivity contribution in [2.75, 3.05) is 18.8 Å². The van der Waals surface area contributed by atoms with E-state index in [4.69, 9.17) is 10.8 Å². The maximum absolute atomic E-state index is 12.3. The van der Waals surface area contributed by atoms with Gasteiger partial charge in [-0.3, -0.25) is 19.7 Å². The zero-order chi connectivity index (χ0) is 15.6. The van der Waals surface area contributed by atoms with Crippen LogP contribution in [0.2, 0.25) is 0 Å². The Bertz CT molecular complexity index is 593. The molecule has 1 fully saturated rings. The van der Waals surface area contributed by atoms with E-state index in [1.807, 2.05) is 0 Å². The van der Waals surface area contributed by atoms with E-state index >= 15 is 0 Å². The number of nitrogens with two attached hydrogens (primary N) is 1. The number of hydrogen-bond donors (Lipinski definition) is 2. The Balaban J connectivity index is 2.16. The molecule has 21 heavy (non-hydrogen) atoms. The summed E-state index contributed by atoms with van der Waals surface area (Å²) in [5.74, 6) is -1.71. The average molecular weight is 293 g/mol. The van der Waals surface area contributed by atoms with Crippen LogP contribution in [0.25, 0.3) is 0 Å². The number of nitrogen functional groups attached to an aromatic ring is 1. The molecule has 3 N–H and O–H groups in total. The molecule has 8 heteroatoms. The first kappa shape index (κ1) is 14.8. The molecule has 1 saturated heterocycles. The van der Waals surface area contributed by atoms with E-state index in [1.165, 1.54) is 17.0 Å². The minimum Gasteiger partial charge on any atom is -0.481 e. The van der Waals surface area contributed by atoms with Crippen LogP contribution in [0.1, 0.15) is 23.2 Å². The van der Waals surface area contributed by atoms with Gasteiger partial charge in [-0.1, -0.05) is 0 Å². The molecular weight excluding hydrogens is 278 g/mol. The number of piperidine rings is 1. The second-order valence-electron chi connectivity index (χ2n) is 4.93. The summed E-state index contributed by atoms with van der Waals surface area (Å²) in [6.07, 6.45) is 0.742. The van der Waals surface area contributed by atoms with Gasteiger partial charge in [-0.05, 0) is 18.9 Å². The Morgan fingerprint density at radius 3 is 2.48 bits per heavy atom. The predicted molar refractivity (Wildman–Crippen MR) is 73.8 cm³/mol. The molecule has 2 rings (SSSR count). The minimum absolute atomic E-state index is 0.0815. The van der Waals surface area contributed by atoms with Crippen LogP contribution in [0.4, 0.5) is 11.4 Å². The van der Waals surface area contributed by atoms with E-state index < -0.39 is 22.7 Å². The number of benzene rings is 1. The fourth-order valence-electron chi connectivity index (χ4n) is 2.34. The fraction of sp³-hybridized carbons (Fsp3) is 0.385. The van der Waals surface area contributed by atoms with Gasteiger partial charge in [0.2, 0.25) is 0 Å². The number of nitro groups is 1. The number of rotatable bonds is 3. The highest BCUT2D eigenvalue weighted by molar-refractivity contribution is 5.99. The number of non-ortho nitro benzene ring substituents is 1. The lowest BCUT2D eigenvalue weighted by Gasteiger charge is -2.30. The Hall–Kier alpha value is -2.64. The molecule has 1 amide bonds. The Morgan fingerprint density at radius 2 is 1.95 bits per heavy atom. The highest BCUT2D eigenvalue weighted by Gasteiger charge is 2.28. The molecule has 1 heterocycles. The van der Waals surface area contributed by atoms with Crippen molar-refractivity contribution in [1.29, 1.82) is 0 Å². The summed E-state index contributed by atoms with van der Waals surface area (Å²) in [6, 6.07) is 3.72. The molecular formula is C13H15N3O5. The first-order valence-electron chi connectivity index (χ1n) is 6.46. The molecule has 0 aliphatic carbocycles. The van der Waals surface area contributed by atoms with Crippen LogP contribution < -0.4 is 5.73 Å². The molecule has 1 aliphatic rings. The third-order valence-electron chi connectivity index (χ3n) is 3.61. The lowest BCUT2D eigenvalue weighted by atomic mass is 9.96. The van der Waals surface area contributed by atoms with Gasteiger partial charge in [0.1, 0.15) is 0 Å². The monoisotopic (exact) mass is 293 g/mol. The van der Waals surface area contributed by atoms with Crippen LogP contribution in [-0.4, -0.2) is 39.9 Å². The molecule has 0 bridgehead atoms. The summed E-state index contributed by atoms with van der Waals surface area (Å²) in [7, 11) is 0. The summed E-state index contributed by atoms with van der Waals surface area (Å²) < 4.78 is 0. The summed E-state index contributed by atoms with van der Waals surface area (Å²) in [5.41, 5.74) is 5.76. The Kier molecular flexibility index (Phi) is 4.06. The molecule has 1 aromatic rings. The van der Waals surface area contributed by atoms with Gasteiger partial charge in [-0.2, -0.15) is 0 Å². The van der Waals surface area contributed by atoms with Gasteiger partial charge in [0.05, 0.1) is 16.4 Å². The number of hydrogen-bond acceptors (Lipinski definition) is 5. The number of carbonyl (C=O) groups is 2. The number of aliphatic carboxylic acids is 1. The van der Waals surface area contributed by atoms with E-state index in [1.54, 1.807) is 0 Å². The van der Waals surface area contributed by atoms with Gasteiger partial charge >= 0.3 is 5.97 Å². The Morgan fingerprint density at radius 1 is 1.33 bits per heavy atom. The van der Waals surface area contributed by atoms with E-state index in [0.717, 1.165) is 6.07 Å². The largest absolute Gasteiger partial charge is 0.481 e. The second kappa shape index (κ2) is 5.78. The van der Waals surface area contributed by atoms with Gasteiger partial charge in [0.25, 0.3) is 11.6 Å². The highest BCUT2D eigenvalue weighted by atomic mass is 16.6. The Labute approximate surface area is 120 Å². The minimum atomic E-state index is -0.864. The summed E-state index contributed by atoms with van der Waals surface area (Å²) >= 11 is 0. The topological polar surface area (TPSA) is 127 Å². The lowest BCUT2D eigenvalue weighted by molar-refractivity contribution is -0.384. The van der Waals surface area contributed by atoms with E-state index in [-0.39, 0.29) is 16.9 Å². The molecule has 0 saturated carbocycles. The first-order chi connectivity index (χ1) is 9.90. The SMILES string of the molecule is Nc1ccc([N+](=O)[O-])cc1C(=O)N1CCC(C(=O)O)CC1. The van der Waals surface area contributed by atoms with Crippen LogP contribution in [0.15, 0.2) is 18.2 Å². The zero-order valence-corrected chi connectivity index (χ0v) is 11.2. The number of amides is 1.